The van der Waals surface area contributed by atoms with Gasteiger partial charge in [0.15, 0.2) is 28.7 Å². The first-order chi connectivity index (χ1) is 21.8. The van der Waals surface area contributed by atoms with Gasteiger partial charge in [-0.05, 0) is 75.0 Å². The second-order valence-corrected chi connectivity index (χ2v) is 11.9. The molecule has 1 saturated heterocycles. The van der Waals surface area contributed by atoms with Crippen LogP contribution in [0.5, 0.6) is 11.5 Å². The zero-order chi connectivity index (χ0) is 30.9. The van der Waals surface area contributed by atoms with E-state index in [0.29, 0.717) is 45.8 Å². The zero-order valence-corrected chi connectivity index (χ0v) is 24.1. The summed E-state index contributed by atoms with van der Waals surface area (Å²) >= 11 is 0. The number of benzene rings is 2. The largest absolute Gasteiger partial charge is 0.453 e. The molecule has 11 nitrogen and oxygen atoms in total. The summed E-state index contributed by atoms with van der Waals surface area (Å²) in [5.41, 5.74) is 0.280. The van der Waals surface area contributed by atoms with Crippen molar-refractivity contribution in [2.75, 3.05) is 17.7 Å². The number of hydrogen-bond acceptors (Lipinski definition) is 8. The van der Waals surface area contributed by atoms with Gasteiger partial charge in [0.25, 0.3) is 11.5 Å². The number of carbonyl (C=O) groups is 1. The van der Waals surface area contributed by atoms with Crippen molar-refractivity contribution in [1.82, 2.24) is 29.6 Å². The van der Waals surface area contributed by atoms with Gasteiger partial charge in [-0.3, -0.25) is 24.2 Å². The minimum absolute atomic E-state index is 0.0688. The maximum Gasteiger partial charge on any atom is 0.286 e. The maximum atomic E-state index is 15.3. The quantitative estimate of drug-likeness (QED) is 0.223. The number of fused-ring (bicyclic) bond motifs is 1. The molecule has 2 saturated carbocycles. The molecule has 3 N–H and O–H groups in total. The van der Waals surface area contributed by atoms with Gasteiger partial charge >= 0.3 is 0 Å². The number of pyridine rings is 1. The van der Waals surface area contributed by atoms with Crippen LogP contribution in [0.4, 0.5) is 20.3 Å². The molecule has 3 aliphatic rings. The molecule has 228 valence electrons. The fourth-order valence-electron chi connectivity index (χ4n) is 7.27. The number of hydrogen-bond donors (Lipinski definition) is 3. The van der Waals surface area contributed by atoms with Crippen LogP contribution in [-0.4, -0.2) is 60.2 Å². The molecule has 1 spiro atoms. The lowest BCUT2D eigenvalue weighted by Gasteiger charge is -2.43. The summed E-state index contributed by atoms with van der Waals surface area (Å²) in [5.74, 6) is -0.406. The number of H-pyrrole nitrogens is 1. The predicted octanol–water partition coefficient (Wildman–Crippen LogP) is 4.86. The second-order valence-electron chi connectivity index (χ2n) is 11.9. The molecule has 45 heavy (non-hydrogen) atoms. The van der Waals surface area contributed by atoms with Crippen molar-refractivity contribution in [3.63, 3.8) is 0 Å². The zero-order valence-electron chi connectivity index (χ0n) is 24.1. The normalized spacial score (nSPS) is 24.7. The van der Waals surface area contributed by atoms with Crippen molar-refractivity contribution in [1.29, 1.82) is 0 Å². The average Bonchev–Trinajstić information content (AvgIpc) is 3.43. The molecule has 2 aliphatic carbocycles. The Hall–Kier alpha value is -5.17. The van der Waals surface area contributed by atoms with E-state index in [-0.39, 0.29) is 17.5 Å². The van der Waals surface area contributed by atoms with E-state index in [1.807, 2.05) is 0 Å². The number of likely N-dealkylation sites (tertiary alicyclic amines) is 1. The molecular weight excluding hydrogens is 582 g/mol. The highest BCUT2D eigenvalue weighted by Crippen LogP contribution is 2.63. The van der Waals surface area contributed by atoms with Crippen molar-refractivity contribution < 1.29 is 18.3 Å². The number of rotatable bonds is 7. The Morgan fingerprint density at radius 2 is 1.91 bits per heavy atom. The van der Waals surface area contributed by atoms with E-state index in [2.05, 4.69) is 42.7 Å². The summed E-state index contributed by atoms with van der Waals surface area (Å²) < 4.78 is 35.8. The van der Waals surface area contributed by atoms with Crippen LogP contribution in [0.1, 0.15) is 36.2 Å². The first kappa shape index (κ1) is 27.4. The number of ether oxygens (including phenoxy) is 1. The van der Waals surface area contributed by atoms with Gasteiger partial charge in [0.2, 0.25) is 0 Å². The van der Waals surface area contributed by atoms with Gasteiger partial charge in [0, 0.05) is 59.7 Å². The van der Waals surface area contributed by atoms with E-state index < -0.39 is 28.8 Å². The third-order valence-electron chi connectivity index (χ3n) is 9.64. The summed E-state index contributed by atoms with van der Waals surface area (Å²) in [6.45, 7) is 0. The molecule has 3 aromatic heterocycles. The molecule has 13 heteroatoms. The Bertz CT molecular complexity index is 2020. The summed E-state index contributed by atoms with van der Waals surface area (Å²) in [5, 5.41) is 14.1. The van der Waals surface area contributed by atoms with Gasteiger partial charge in [-0.25, -0.2) is 18.7 Å². The van der Waals surface area contributed by atoms with E-state index in [0.717, 1.165) is 18.9 Å². The lowest BCUT2D eigenvalue weighted by atomic mass is 9.63. The van der Waals surface area contributed by atoms with Crippen molar-refractivity contribution in [3.05, 3.63) is 94.8 Å². The summed E-state index contributed by atoms with van der Waals surface area (Å²) in [7, 11) is 2.22. The standard InChI is InChI=1S/C32H28F2N8O3/c1-41-25-16-20(14-17-8-10-32(17,25)41)37-29-26-24(9-11-36-28(26)39-40-29)45-23-7-4-19(15-22(23)34)38-30(43)27-31(44)42(13-12-35-27)21-5-2-18(33)3-6-21/h2-7,9,11-13,15,17,20,25H,8,10,14,16H2,1H3,(H,38,43)(H2,36,37,39,40). The number of likely N-dealkylation sites (N-methyl/N-ethyl adjacent to an activating group) is 1. The lowest BCUT2D eigenvalue weighted by Crippen LogP contribution is -2.46. The molecule has 4 heterocycles. The van der Waals surface area contributed by atoms with Crippen LogP contribution >= 0.6 is 0 Å². The molecule has 5 unspecified atom stereocenters. The Morgan fingerprint density at radius 1 is 1.07 bits per heavy atom. The van der Waals surface area contributed by atoms with Crippen LogP contribution in [-0.2, 0) is 0 Å². The number of anilines is 2. The van der Waals surface area contributed by atoms with Crippen molar-refractivity contribution >= 4 is 28.4 Å². The highest BCUT2D eigenvalue weighted by Gasteiger charge is 2.70. The molecule has 1 amide bonds. The molecule has 2 aromatic carbocycles. The summed E-state index contributed by atoms with van der Waals surface area (Å²) in [6.07, 6.45) is 8.86. The maximum absolute atomic E-state index is 15.3. The third kappa shape index (κ3) is 4.45. The number of halogens is 2. The fraction of sp³-hybridized carbons (Fsp3) is 0.281. The fourth-order valence-corrected chi connectivity index (χ4v) is 7.27. The van der Waals surface area contributed by atoms with Crippen LogP contribution in [0.25, 0.3) is 16.7 Å². The SMILES string of the molecule is CN1C2CC(Nc3n[nH]c4nccc(Oc5ccc(NC(=O)c6nccn(-c7ccc(F)cc7)c6=O)cc5F)c34)CC3CCC321. The number of nitrogens with zero attached hydrogens (tertiary/aromatic N) is 5. The van der Waals surface area contributed by atoms with Crippen LogP contribution < -0.4 is 20.9 Å². The van der Waals surface area contributed by atoms with E-state index in [9.17, 15) is 14.0 Å². The number of aromatic amines is 1. The van der Waals surface area contributed by atoms with Gasteiger partial charge in [0.1, 0.15) is 17.0 Å². The predicted molar refractivity (Wildman–Crippen MR) is 162 cm³/mol. The summed E-state index contributed by atoms with van der Waals surface area (Å²) in [6, 6.07) is 11.7. The Kier molecular flexibility index (Phi) is 6.20. The Labute approximate surface area is 255 Å². The minimum Gasteiger partial charge on any atom is -0.453 e. The Morgan fingerprint density at radius 3 is 2.67 bits per heavy atom. The van der Waals surface area contributed by atoms with Gasteiger partial charge in [-0.15, -0.1) is 0 Å². The number of nitrogens with one attached hydrogen (secondary N) is 3. The molecule has 1 aliphatic heterocycles. The van der Waals surface area contributed by atoms with Crippen LogP contribution in [0.2, 0.25) is 0 Å². The average molecular weight is 611 g/mol. The smallest absolute Gasteiger partial charge is 0.286 e. The summed E-state index contributed by atoms with van der Waals surface area (Å²) in [4.78, 5) is 36.7. The lowest BCUT2D eigenvalue weighted by molar-refractivity contribution is 0.102. The second kappa shape index (κ2) is 10.2. The molecule has 3 fully saturated rings. The molecular formula is C32H28F2N8O3. The number of amides is 1. The van der Waals surface area contributed by atoms with E-state index in [1.54, 1.807) is 12.3 Å². The van der Waals surface area contributed by atoms with Gasteiger partial charge in [0.05, 0.1) is 0 Å². The van der Waals surface area contributed by atoms with E-state index in [1.165, 1.54) is 66.2 Å². The highest BCUT2D eigenvalue weighted by atomic mass is 19.1. The Balaban J connectivity index is 0.995. The van der Waals surface area contributed by atoms with Gasteiger partial charge in [-0.2, -0.15) is 5.10 Å². The van der Waals surface area contributed by atoms with Crippen LogP contribution in [0.15, 0.2) is 71.9 Å². The van der Waals surface area contributed by atoms with E-state index >= 15 is 4.39 Å². The van der Waals surface area contributed by atoms with E-state index in [4.69, 9.17) is 4.74 Å². The first-order valence-corrected chi connectivity index (χ1v) is 14.8. The first-order valence-electron chi connectivity index (χ1n) is 14.8. The monoisotopic (exact) mass is 610 g/mol. The minimum atomic E-state index is -0.825. The van der Waals surface area contributed by atoms with Crippen LogP contribution in [0.3, 0.4) is 0 Å². The molecule has 8 rings (SSSR count). The molecule has 0 bridgehead atoms. The number of carbonyl (C=O) groups excluding carboxylic acids is 1. The van der Waals surface area contributed by atoms with Crippen LogP contribution in [0, 0.1) is 17.6 Å². The van der Waals surface area contributed by atoms with Crippen molar-refractivity contribution in [2.24, 2.45) is 5.92 Å². The van der Waals surface area contributed by atoms with Gasteiger partial charge < -0.3 is 15.4 Å². The molecule has 5 atom stereocenters. The molecule has 0 radical (unpaired) electrons. The third-order valence-corrected chi connectivity index (χ3v) is 9.64. The van der Waals surface area contributed by atoms with Crippen molar-refractivity contribution in [3.8, 4) is 17.2 Å². The number of aromatic nitrogens is 5. The highest BCUT2D eigenvalue weighted by molar-refractivity contribution is 6.02. The molecule has 5 aromatic rings. The van der Waals surface area contributed by atoms with Crippen molar-refractivity contribution in [2.45, 2.75) is 43.3 Å². The van der Waals surface area contributed by atoms with Gasteiger partial charge in [-0.1, -0.05) is 0 Å². The topological polar surface area (TPSA) is 130 Å².